The molecule has 0 radical (unpaired) electrons. The molecule has 0 aliphatic carbocycles. The maximum atomic E-state index is 4.30. The average molecular weight is 152 g/mol. The van der Waals surface area contributed by atoms with Crippen LogP contribution in [0.25, 0.3) is 0 Å². The topological polar surface area (TPSA) is 15.6 Å². The Kier molecular flexibility index (Phi) is 2.03. The average Bonchev–Trinajstić information content (AvgIpc) is 1.86. The molecule has 0 unspecified atom stereocenters. The molecule has 1 heterocycles. The van der Waals surface area contributed by atoms with E-state index in [1.54, 1.807) is 0 Å². The summed E-state index contributed by atoms with van der Waals surface area (Å²) in [4.78, 5) is 0. The number of allylic oxidation sites excluding steroid dienone is 1. The van der Waals surface area contributed by atoms with E-state index in [1.807, 2.05) is 17.4 Å². The van der Waals surface area contributed by atoms with Crippen molar-refractivity contribution in [3.63, 3.8) is 0 Å². The fourth-order valence-corrected chi connectivity index (χ4v) is 0.871. The zero-order valence-electron chi connectivity index (χ0n) is 7.70. The third-order valence-corrected chi connectivity index (χ3v) is 1.71. The lowest BCUT2D eigenvalue weighted by Crippen LogP contribution is -2.26. The molecule has 1 aliphatic heterocycles. The van der Waals surface area contributed by atoms with E-state index in [-0.39, 0.29) is 5.41 Å². The first-order chi connectivity index (χ1) is 5.01. The fourth-order valence-electron chi connectivity index (χ4n) is 0.871. The number of hydrazone groups is 1. The Balaban J connectivity index is 2.65. The SMILES string of the molecule is CC(C)N1C=CC(C)(C)C=N1. The molecule has 11 heavy (non-hydrogen) atoms. The predicted octanol–water partition coefficient (Wildman–Crippen LogP) is 2.24. The second-order valence-corrected chi connectivity index (χ2v) is 3.86. The summed E-state index contributed by atoms with van der Waals surface area (Å²) in [5.74, 6) is 0. The second-order valence-electron chi connectivity index (χ2n) is 3.86. The van der Waals surface area contributed by atoms with Gasteiger partial charge < -0.3 is 0 Å². The Hall–Kier alpha value is -0.790. The van der Waals surface area contributed by atoms with Crippen molar-refractivity contribution < 1.29 is 0 Å². The smallest absolute Gasteiger partial charge is 0.0462 e. The van der Waals surface area contributed by atoms with E-state index >= 15 is 0 Å². The van der Waals surface area contributed by atoms with Gasteiger partial charge in [0, 0.05) is 23.9 Å². The van der Waals surface area contributed by atoms with Crippen molar-refractivity contribution in [3.8, 4) is 0 Å². The molecule has 0 aromatic rings. The van der Waals surface area contributed by atoms with E-state index in [0.717, 1.165) is 0 Å². The summed E-state index contributed by atoms with van der Waals surface area (Å²) in [7, 11) is 0. The molecule has 0 bridgehead atoms. The van der Waals surface area contributed by atoms with E-state index in [2.05, 4.69) is 38.9 Å². The molecule has 1 aliphatic rings. The lowest BCUT2D eigenvalue weighted by Gasteiger charge is -2.26. The molecule has 1 rings (SSSR count). The van der Waals surface area contributed by atoms with E-state index in [9.17, 15) is 0 Å². The third kappa shape index (κ3) is 2.07. The Morgan fingerprint density at radius 1 is 1.36 bits per heavy atom. The van der Waals surface area contributed by atoms with E-state index in [4.69, 9.17) is 0 Å². The van der Waals surface area contributed by atoms with Gasteiger partial charge in [-0.3, -0.25) is 5.01 Å². The molecule has 0 atom stereocenters. The van der Waals surface area contributed by atoms with Gasteiger partial charge in [-0.15, -0.1) is 0 Å². The highest BCUT2D eigenvalue weighted by molar-refractivity contribution is 5.68. The molecule has 2 heteroatoms. The summed E-state index contributed by atoms with van der Waals surface area (Å²) in [6.07, 6.45) is 6.19. The monoisotopic (exact) mass is 152 g/mol. The molecule has 2 nitrogen and oxygen atoms in total. The molecule has 0 N–H and O–H groups in total. The van der Waals surface area contributed by atoms with Crippen LogP contribution in [0.4, 0.5) is 0 Å². The normalized spacial score (nSPS) is 21.4. The van der Waals surface area contributed by atoms with E-state index in [1.165, 1.54) is 0 Å². The van der Waals surface area contributed by atoms with Crippen LogP contribution in [0.1, 0.15) is 27.7 Å². The minimum Gasteiger partial charge on any atom is -0.271 e. The lowest BCUT2D eigenvalue weighted by atomic mass is 9.95. The van der Waals surface area contributed by atoms with E-state index < -0.39 is 0 Å². The summed E-state index contributed by atoms with van der Waals surface area (Å²) in [5.41, 5.74) is 0.130. The Bertz CT molecular complexity index is 174. The first-order valence-corrected chi connectivity index (χ1v) is 4.04. The van der Waals surface area contributed by atoms with Gasteiger partial charge in [0.2, 0.25) is 0 Å². The van der Waals surface area contributed by atoms with Gasteiger partial charge in [-0.1, -0.05) is 19.9 Å². The molecule has 62 valence electrons. The fraction of sp³-hybridized carbons (Fsp3) is 0.667. The van der Waals surface area contributed by atoms with Gasteiger partial charge in [-0.25, -0.2) is 0 Å². The van der Waals surface area contributed by atoms with Gasteiger partial charge in [-0.05, 0) is 13.8 Å². The van der Waals surface area contributed by atoms with Crippen molar-refractivity contribution in [1.82, 2.24) is 5.01 Å². The van der Waals surface area contributed by atoms with Gasteiger partial charge >= 0.3 is 0 Å². The summed E-state index contributed by atoms with van der Waals surface area (Å²) < 4.78 is 0. The Morgan fingerprint density at radius 3 is 2.36 bits per heavy atom. The maximum Gasteiger partial charge on any atom is 0.0462 e. The van der Waals surface area contributed by atoms with Crippen LogP contribution in [0, 0.1) is 5.41 Å². The molecule has 0 spiro atoms. The van der Waals surface area contributed by atoms with Crippen LogP contribution < -0.4 is 0 Å². The van der Waals surface area contributed by atoms with Crippen LogP contribution in [-0.2, 0) is 0 Å². The summed E-state index contributed by atoms with van der Waals surface area (Å²) in [6.45, 7) is 8.54. The minimum atomic E-state index is 0.130. The number of hydrogen-bond acceptors (Lipinski definition) is 2. The zero-order valence-corrected chi connectivity index (χ0v) is 7.70. The van der Waals surface area contributed by atoms with Crippen molar-refractivity contribution in [1.29, 1.82) is 0 Å². The van der Waals surface area contributed by atoms with Crippen LogP contribution in [-0.4, -0.2) is 17.3 Å². The molecule has 0 fully saturated rings. The molecule has 0 amide bonds. The van der Waals surface area contributed by atoms with Crippen LogP contribution in [0.15, 0.2) is 17.4 Å². The molecule has 0 aromatic carbocycles. The zero-order chi connectivity index (χ0) is 8.48. The van der Waals surface area contributed by atoms with Crippen molar-refractivity contribution in [2.45, 2.75) is 33.7 Å². The standard InChI is InChI=1S/C9H16N2/c1-8(2)11-6-5-9(3,4)7-10-11/h5-8H,1-4H3. The number of rotatable bonds is 1. The van der Waals surface area contributed by atoms with Crippen LogP contribution in [0.5, 0.6) is 0 Å². The van der Waals surface area contributed by atoms with Gasteiger partial charge in [0.25, 0.3) is 0 Å². The summed E-state index contributed by atoms with van der Waals surface area (Å²) in [6, 6.07) is 0.457. The quantitative estimate of drug-likeness (QED) is 0.562. The molecular formula is C9H16N2. The lowest BCUT2D eigenvalue weighted by molar-refractivity contribution is 0.315. The number of hydrogen-bond donors (Lipinski definition) is 0. The predicted molar refractivity (Wildman–Crippen MR) is 48.4 cm³/mol. The molecular weight excluding hydrogens is 136 g/mol. The second kappa shape index (κ2) is 2.68. The summed E-state index contributed by atoms with van der Waals surface area (Å²) >= 11 is 0. The van der Waals surface area contributed by atoms with Crippen molar-refractivity contribution in [2.24, 2.45) is 10.5 Å². The highest BCUT2D eigenvalue weighted by atomic mass is 15.5. The highest BCUT2D eigenvalue weighted by Crippen LogP contribution is 2.19. The van der Waals surface area contributed by atoms with Crippen LogP contribution in [0.3, 0.4) is 0 Å². The van der Waals surface area contributed by atoms with Gasteiger partial charge in [0.15, 0.2) is 0 Å². The summed E-state index contributed by atoms with van der Waals surface area (Å²) in [5, 5.41) is 6.27. The van der Waals surface area contributed by atoms with Crippen LogP contribution >= 0.6 is 0 Å². The Labute approximate surface area is 68.6 Å². The molecule has 0 saturated heterocycles. The van der Waals surface area contributed by atoms with E-state index in [0.29, 0.717) is 6.04 Å². The first kappa shape index (κ1) is 8.31. The Morgan fingerprint density at radius 2 is 2.00 bits per heavy atom. The molecule has 0 saturated carbocycles. The van der Waals surface area contributed by atoms with Gasteiger partial charge in [-0.2, -0.15) is 5.10 Å². The minimum absolute atomic E-state index is 0.130. The largest absolute Gasteiger partial charge is 0.271 e. The molecule has 0 aromatic heterocycles. The van der Waals surface area contributed by atoms with Crippen LogP contribution in [0.2, 0.25) is 0 Å². The van der Waals surface area contributed by atoms with Gasteiger partial charge in [0.05, 0.1) is 0 Å². The van der Waals surface area contributed by atoms with Crippen molar-refractivity contribution in [2.75, 3.05) is 0 Å². The first-order valence-electron chi connectivity index (χ1n) is 4.04. The maximum absolute atomic E-state index is 4.30. The highest BCUT2D eigenvalue weighted by Gasteiger charge is 2.16. The number of nitrogens with zero attached hydrogens (tertiary/aromatic N) is 2. The third-order valence-electron chi connectivity index (χ3n) is 1.71. The van der Waals surface area contributed by atoms with Crippen molar-refractivity contribution >= 4 is 6.21 Å². The van der Waals surface area contributed by atoms with Crippen molar-refractivity contribution in [3.05, 3.63) is 12.3 Å². The van der Waals surface area contributed by atoms with Gasteiger partial charge in [0.1, 0.15) is 0 Å².